The molecule has 0 radical (unpaired) electrons. The van der Waals surface area contributed by atoms with Gasteiger partial charge in [-0.05, 0) is 30.7 Å². The summed E-state index contributed by atoms with van der Waals surface area (Å²) in [6.45, 7) is 2.26. The van der Waals surface area contributed by atoms with Crippen molar-refractivity contribution in [3.8, 4) is 0 Å². The van der Waals surface area contributed by atoms with Gasteiger partial charge >= 0.3 is 17.9 Å². The molecule has 0 fully saturated rings. The van der Waals surface area contributed by atoms with Gasteiger partial charge in [-0.25, -0.2) is 9.59 Å². The Morgan fingerprint density at radius 1 is 0.567 bits per heavy atom. The maximum atomic E-state index is 10.3. The first kappa shape index (κ1) is 27.6. The Balaban J connectivity index is 0.000000604. The highest BCUT2D eigenvalue weighted by molar-refractivity contribution is 5.91. The normalized spacial score (nSPS) is 10.2. The first-order chi connectivity index (χ1) is 14.4. The lowest BCUT2D eigenvalue weighted by molar-refractivity contribution is -0.137. The van der Waals surface area contributed by atoms with Gasteiger partial charge in [0.25, 0.3) is 0 Å². The predicted octanol–water partition coefficient (Wildman–Crippen LogP) is 6.64. The number of hydrogen-bond donors (Lipinski definition) is 3. The molecular formula is C24H38O6. The van der Waals surface area contributed by atoms with Crippen LogP contribution < -0.4 is 0 Å². The van der Waals surface area contributed by atoms with E-state index in [1.807, 2.05) is 0 Å². The summed E-state index contributed by atoms with van der Waals surface area (Å²) in [5.41, 5.74) is 0.167. The van der Waals surface area contributed by atoms with Gasteiger partial charge in [0.05, 0.1) is 11.1 Å². The second-order valence-corrected chi connectivity index (χ2v) is 7.57. The topological polar surface area (TPSA) is 112 Å². The van der Waals surface area contributed by atoms with Crippen LogP contribution in [-0.4, -0.2) is 33.2 Å². The molecule has 0 saturated heterocycles. The number of aromatic carboxylic acids is 2. The fourth-order valence-electron chi connectivity index (χ4n) is 3.05. The Bertz CT molecular complexity index is 561. The molecule has 30 heavy (non-hydrogen) atoms. The van der Waals surface area contributed by atoms with Crippen molar-refractivity contribution >= 4 is 17.9 Å². The second-order valence-electron chi connectivity index (χ2n) is 7.57. The first-order valence-corrected chi connectivity index (χ1v) is 11.2. The van der Waals surface area contributed by atoms with Crippen LogP contribution in [0, 0.1) is 0 Å². The molecule has 0 spiro atoms. The molecular weight excluding hydrogens is 384 g/mol. The number of benzene rings is 1. The standard InChI is InChI=1S/C16H32O2.C8H6O4/c1-2-3-4-5-6-7-8-9-10-11-12-13-14-15-16(17)18;9-7(10)5-1-2-6(4-3-5)8(11)12/h2-15H2,1H3,(H,17,18);1-4H,(H,9,10)(H,11,12). The zero-order valence-corrected chi connectivity index (χ0v) is 18.3. The van der Waals surface area contributed by atoms with E-state index in [-0.39, 0.29) is 11.1 Å². The summed E-state index contributed by atoms with van der Waals surface area (Å²) in [6.07, 6.45) is 17.3. The van der Waals surface area contributed by atoms with Crippen LogP contribution in [0.5, 0.6) is 0 Å². The van der Waals surface area contributed by atoms with Crippen LogP contribution >= 0.6 is 0 Å². The van der Waals surface area contributed by atoms with Crippen molar-refractivity contribution in [2.45, 2.75) is 96.8 Å². The van der Waals surface area contributed by atoms with E-state index in [0.29, 0.717) is 6.42 Å². The van der Waals surface area contributed by atoms with E-state index >= 15 is 0 Å². The summed E-state index contributed by atoms with van der Waals surface area (Å²) < 4.78 is 0. The highest BCUT2D eigenvalue weighted by Gasteiger charge is 2.04. The summed E-state index contributed by atoms with van der Waals surface area (Å²) in [6, 6.07) is 5.02. The molecule has 0 heterocycles. The number of hydrogen-bond acceptors (Lipinski definition) is 3. The SMILES string of the molecule is CCCCCCCCCCCCCCCC(=O)O.O=C(O)c1ccc(C(=O)O)cc1. The molecule has 0 bridgehead atoms. The molecule has 1 aromatic rings. The Labute approximate surface area is 180 Å². The van der Waals surface area contributed by atoms with Gasteiger partial charge in [0, 0.05) is 6.42 Å². The number of carboxylic acid groups (broad SMARTS) is 3. The minimum atomic E-state index is -1.06. The quantitative estimate of drug-likeness (QED) is 0.258. The number of carbonyl (C=O) groups is 3. The molecule has 0 amide bonds. The van der Waals surface area contributed by atoms with Crippen molar-refractivity contribution in [1.82, 2.24) is 0 Å². The molecule has 1 aromatic carbocycles. The zero-order chi connectivity index (χ0) is 22.6. The fraction of sp³-hybridized carbons (Fsp3) is 0.625. The second kappa shape index (κ2) is 18.6. The summed E-state index contributed by atoms with van der Waals surface area (Å²) in [4.78, 5) is 31.0. The van der Waals surface area contributed by atoms with E-state index in [2.05, 4.69) is 6.92 Å². The number of unbranched alkanes of at least 4 members (excludes halogenated alkanes) is 12. The van der Waals surface area contributed by atoms with E-state index in [1.54, 1.807) is 0 Å². The fourth-order valence-corrected chi connectivity index (χ4v) is 3.05. The van der Waals surface area contributed by atoms with E-state index in [9.17, 15) is 14.4 Å². The lowest BCUT2D eigenvalue weighted by Gasteiger charge is -2.02. The Kier molecular flexibility index (Phi) is 17.2. The van der Waals surface area contributed by atoms with Gasteiger partial charge in [-0.1, -0.05) is 84.0 Å². The van der Waals surface area contributed by atoms with Gasteiger partial charge in [-0.3, -0.25) is 4.79 Å². The van der Waals surface area contributed by atoms with Crippen molar-refractivity contribution in [3.63, 3.8) is 0 Å². The monoisotopic (exact) mass is 422 g/mol. The molecule has 6 nitrogen and oxygen atoms in total. The van der Waals surface area contributed by atoms with E-state index in [4.69, 9.17) is 15.3 Å². The third kappa shape index (κ3) is 16.6. The smallest absolute Gasteiger partial charge is 0.335 e. The minimum Gasteiger partial charge on any atom is -0.481 e. The first-order valence-electron chi connectivity index (χ1n) is 11.2. The summed E-state index contributed by atoms with van der Waals surface area (Å²) in [5, 5.41) is 25.4. The third-order valence-electron chi connectivity index (χ3n) is 4.87. The summed E-state index contributed by atoms with van der Waals surface area (Å²) in [7, 11) is 0. The van der Waals surface area contributed by atoms with Gasteiger partial charge < -0.3 is 15.3 Å². The maximum Gasteiger partial charge on any atom is 0.335 e. The molecule has 1 rings (SSSR count). The molecule has 0 atom stereocenters. The van der Waals surface area contributed by atoms with Crippen molar-refractivity contribution in [2.75, 3.05) is 0 Å². The average molecular weight is 423 g/mol. The van der Waals surface area contributed by atoms with Gasteiger partial charge in [-0.2, -0.15) is 0 Å². The van der Waals surface area contributed by atoms with Crippen molar-refractivity contribution < 1.29 is 29.7 Å². The van der Waals surface area contributed by atoms with Crippen LogP contribution in [0.1, 0.15) is 118 Å². The van der Waals surface area contributed by atoms with Crippen molar-refractivity contribution in [1.29, 1.82) is 0 Å². The lowest BCUT2D eigenvalue weighted by atomic mass is 10.0. The van der Waals surface area contributed by atoms with Crippen LogP contribution in [0.2, 0.25) is 0 Å². The van der Waals surface area contributed by atoms with E-state index in [1.165, 1.54) is 94.9 Å². The summed E-state index contributed by atoms with van der Waals surface area (Å²) in [5.74, 6) is -2.78. The van der Waals surface area contributed by atoms with Gasteiger partial charge in [0.15, 0.2) is 0 Å². The molecule has 0 aliphatic rings. The van der Waals surface area contributed by atoms with Crippen LogP contribution in [0.3, 0.4) is 0 Å². The van der Waals surface area contributed by atoms with Crippen molar-refractivity contribution in [3.05, 3.63) is 35.4 Å². The van der Waals surface area contributed by atoms with Gasteiger partial charge in [-0.15, -0.1) is 0 Å². The molecule has 3 N–H and O–H groups in total. The number of carboxylic acids is 3. The summed E-state index contributed by atoms with van der Waals surface area (Å²) >= 11 is 0. The Morgan fingerprint density at radius 3 is 1.13 bits per heavy atom. The highest BCUT2D eigenvalue weighted by Crippen LogP contribution is 2.12. The van der Waals surface area contributed by atoms with Crippen LogP contribution in [0.25, 0.3) is 0 Å². The third-order valence-corrected chi connectivity index (χ3v) is 4.87. The van der Waals surface area contributed by atoms with Gasteiger partial charge in [0.1, 0.15) is 0 Å². The van der Waals surface area contributed by atoms with Crippen molar-refractivity contribution in [2.24, 2.45) is 0 Å². The molecule has 0 aromatic heterocycles. The van der Waals surface area contributed by atoms with Gasteiger partial charge in [0.2, 0.25) is 0 Å². The van der Waals surface area contributed by atoms with Crippen LogP contribution in [0.4, 0.5) is 0 Å². The lowest BCUT2D eigenvalue weighted by Crippen LogP contribution is -1.99. The number of rotatable bonds is 16. The van der Waals surface area contributed by atoms with Crippen LogP contribution in [-0.2, 0) is 4.79 Å². The molecule has 170 valence electrons. The zero-order valence-electron chi connectivity index (χ0n) is 18.3. The number of aliphatic carboxylic acids is 1. The predicted molar refractivity (Wildman–Crippen MR) is 118 cm³/mol. The van der Waals surface area contributed by atoms with E-state index < -0.39 is 17.9 Å². The molecule has 0 aliphatic carbocycles. The molecule has 6 heteroatoms. The molecule has 0 saturated carbocycles. The largest absolute Gasteiger partial charge is 0.481 e. The highest BCUT2D eigenvalue weighted by atomic mass is 16.4. The Morgan fingerprint density at radius 2 is 0.867 bits per heavy atom. The van der Waals surface area contributed by atoms with E-state index in [0.717, 1.165) is 12.8 Å². The molecule has 0 aliphatic heterocycles. The minimum absolute atomic E-state index is 0.0833. The van der Waals surface area contributed by atoms with Crippen LogP contribution in [0.15, 0.2) is 24.3 Å². The average Bonchev–Trinajstić information content (AvgIpc) is 2.71. The maximum absolute atomic E-state index is 10.3. The Hall–Kier alpha value is -2.37. The molecule has 0 unspecified atom stereocenters.